The van der Waals surface area contributed by atoms with Gasteiger partial charge in [-0.1, -0.05) is 12.1 Å². The molecule has 4 heteroatoms. The first-order valence-corrected chi connectivity index (χ1v) is 6.85. The van der Waals surface area contributed by atoms with E-state index in [9.17, 15) is 14.3 Å². The van der Waals surface area contributed by atoms with Crippen LogP contribution in [0.15, 0.2) is 24.3 Å². The molecule has 0 aliphatic heterocycles. The fourth-order valence-electron chi connectivity index (χ4n) is 2.54. The van der Waals surface area contributed by atoms with Gasteiger partial charge in [0, 0.05) is 6.54 Å². The molecule has 0 unspecified atom stereocenters. The van der Waals surface area contributed by atoms with Crippen LogP contribution in [0.2, 0.25) is 0 Å². The van der Waals surface area contributed by atoms with Crippen molar-refractivity contribution in [2.75, 3.05) is 6.54 Å². The summed E-state index contributed by atoms with van der Waals surface area (Å²) in [4.78, 5) is 11.8. The van der Waals surface area contributed by atoms with E-state index in [2.05, 4.69) is 5.32 Å². The van der Waals surface area contributed by atoms with Crippen molar-refractivity contribution in [2.24, 2.45) is 0 Å². The van der Waals surface area contributed by atoms with Gasteiger partial charge in [-0.3, -0.25) is 4.79 Å². The molecule has 0 spiro atoms. The third-order valence-corrected chi connectivity index (χ3v) is 3.67. The highest BCUT2D eigenvalue weighted by atomic mass is 19.1. The number of amides is 1. The number of aliphatic hydroxyl groups is 1. The van der Waals surface area contributed by atoms with Crippen molar-refractivity contribution in [3.63, 3.8) is 0 Å². The first-order valence-electron chi connectivity index (χ1n) is 6.85. The van der Waals surface area contributed by atoms with Gasteiger partial charge in [-0.2, -0.15) is 0 Å². The molecule has 1 amide bonds. The number of rotatable bonds is 5. The Morgan fingerprint density at radius 3 is 2.79 bits per heavy atom. The molecule has 0 heterocycles. The molecule has 1 saturated carbocycles. The number of benzene rings is 1. The first-order chi connectivity index (χ1) is 9.10. The predicted molar refractivity (Wildman–Crippen MR) is 71.1 cm³/mol. The highest BCUT2D eigenvalue weighted by Crippen LogP contribution is 2.29. The average Bonchev–Trinajstić information content (AvgIpc) is 2.83. The van der Waals surface area contributed by atoms with E-state index >= 15 is 0 Å². The van der Waals surface area contributed by atoms with Gasteiger partial charge in [0.15, 0.2) is 0 Å². The standard InChI is InChI=1S/C15H20FNO2/c16-13-7-3-5-12(11-13)6-4-10-17-14(18)15(19)8-1-2-9-15/h3,5,7,11,19H,1-2,4,6,8-10H2,(H,17,18). The topological polar surface area (TPSA) is 49.3 Å². The summed E-state index contributed by atoms with van der Waals surface area (Å²) in [5.74, 6) is -0.494. The third kappa shape index (κ3) is 3.77. The van der Waals surface area contributed by atoms with Gasteiger partial charge in [0.2, 0.25) is 0 Å². The highest BCUT2D eigenvalue weighted by molar-refractivity contribution is 5.85. The SMILES string of the molecule is O=C(NCCCc1cccc(F)c1)C1(O)CCCC1. The number of aryl methyl sites for hydroxylation is 1. The summed E-state index contributed by atoms with van der Waals surface area (Å²) in [5.41, 5.74) is -0.229. The third-order valence-electron chi connectivity index (χ3n) is 3.67. The molecule has 0 saturated heterocycles. The second kappa shape index (κ2) is 6.15. The Hall–Kier alpha value is -1.42. The Labute approximate surface area is 112 Å². The van der Waals surface area contributed by atoms with Crippen LogP contribution in [0.5, 0.6) is 0 Å². The molecule has 2 N–H and O–H groups in total. The lowest BCUT2D eigenvalue weighted by molar-refractivity contribution is -0.139. The van der Waals surface area contributed by atoms with E-state index in [4.69, 9.17) is 0 Å². The zero-order valence-corrected chi connectivity index (χ0v) is 11.0. The summed E-state index contributed by atoms with van der Waals surface area (Å²) < 4.78 is 13.0. The van der Waals surface area contributed by atoms with Crippen molar-refractivity contribution in [3.05, 3.63) is 35.6 Å². The minimum Gasteiger partial charge on any atom is -0.380 e. The largest absolute Gasteiger partial charge is 0.380 e. The number of carbonyl (C=O) groups excluding carboxylic acids is 1. The lowest BCUT2D eigenvalue weighted by atomic mass is 10.0. The number of nitrogens with one attached hydrogen (secondary N) is 1. The molecule has 1 fully saturated rings. The molecule has 2 rings (SSSR count). The maximum absolute atomic E-state index is 13.0. The fraction of sp³-hybridized carbons (Fsp3) is 0.533. The molecule has 1 aromatic carbocycles. The van der Waals surface area contributed by atoms with Gasteiger partial charge in [0.25, 0.3) is 5.91 Å². The molecule has 0 aromatic heterocycles. The summed E-state index contributed by atoms with van der Waals surface area (Å²) in [6, 6.07) is 6.48. The summed E-state index contributed by atoms with van der Waals surface area (Å²) in [6.45, 7) is 0.512. The molecule has 1 aliphatic carbocycles. The maximum Gasteiger partial charge on any atom is 0.251 e. The van der Waals surface area contributed by atoms with Crippen molar-refractivity contribution in [1.29, 1.82) is 0 Å². The Morgan fingerprint density at radius 1 is 1.37 bits per heavy atom. The summed E-state index contributed by atoms with van der Waals surface area (Å²) in [7, 11) is 0. The molecular weight excluding hydrogens is 245 g/mol. The molecule has 19 heavy (non-hydrogen) atoms. The molecule has 0 radical (unpaired) electrons. The Kier molecular flexibility index (Phi) is 4.53. The fourth-order valence-corrected chi connectivity index (χ4v) is 2.54. The van der Waals surface area contributed by atoms with Gasteiger partial charge in [0.1, 0.15) is 11.4 Å². The van der Waals surface area contributed by atoms with Crippen molar-refractivity contribution in [3.8, 4) is 0 Å². The van der Waals surface area contributed by atoms with Crippen LogP contribution in [-0.2, 0) is 11.2 Å². The van der Waals surface area contributed by atoms with Crippen LogP contribution in [0, 0.1) is 5.82 Å². The molecule has 104 valence electrons. The summed E-state index contributed by atoms with van der Waals surface area (Å²) >= 11 is 0. The number of hydrogen-bond donors (Lipinski definition) is 2. The van der Waals surface area contributed by atoms with E-state index in [1.807, 2.05) is 6.07 Å². The van der Waals surface area contributed by atoms with Gasteiger partial charge >= 0.3 is 0 Å². The molecule has 3 nitrogen and oxygen atoms in total. The van der Waals surface area contributed by atoms with Crippen LogP contribution >= 0.6 is 0 Å². The molecule has 1 aliphatic rings. The van der Waals surface area contributed by atoms with Gasteiger partial charge in [-0.05, 0) is 56.2 Å². The van der Waals surface area contributed by atoms with Gasteiger partial charge in [-0.25, -0.2) is 4.39 Å². The smallest absolute Gasteiger partial charge is 0.251 e. The molecular formula is C15H20FNO2. The lowest BCUT2D eigenvalue weighted by Crippen LogP contribution is -2.45. The van der Waals surface area contributed by atoms with Crippen molar-refractivity contribution in [2.45, 2.75) is 44.1 Å². The quantitative estimate of drug-likeness (QED) is 0.802. The zero-order valence-electron chi connectivity index (χ0n) is 11.0. The lowest BCUT2D eigenvalue weighted by Gasteiger charge is -2.20. The maximum atomic E-state index is 13.0. The van der Waals surface area contributed by atoms with Crippen LogP contribution in [0.3, 0.4) is 0 Å². The first kappa shape index (κ1) is 14.0. The van der Waals surface area contributed by atoms with Crippen LogP contribution in [0.1, 0.15) is 37.7 Å². The number of hydrogen-bond acceptors (Lipinski definition) is 2. The van der Waals surface area contributed by atoms with Gasteiger partial charge in [0.05, 0.1) is 0 Å². The predicted octanol–water partition coefficient (Wildman–Crippen LogP) is 2.18. The second-order valence-corrected chi connectivity index (χ2v) is 5.23. The minimum absolute atomic E-state index is 0.234. The van der Waals surface area contributed by atoms with E-state index in [1.54, 1.807) is 6.07 Å². The molecule has 1 aromatic rings. The zero-order chi connectivity index (χ0) is 13.7. The van der Waals surface area contributed by atoms with E-state index in [1.165, 1.54) is 12.1 Å². The summed E-state index contributed by atoms with van der Waals surface area (Å²) in [5, 5.41) is 12.8. The van der Waals surface area contributed by atoms with Crippen LogP contribution < -0.4 is 5.32 Å². The van der Waals surface area contributed by atoms with Crippen molar-refractivity contribution in [1.82, 2.24) is 5.32 Å². The minimum atomic E-state index is -1.15. The van der Waals surface area contributed by atoms with Crippen LogP contribution in [-0.4, -0.2) is 23.2 Å². The number of halogens is 1. The van der Waals surface area contributed by atoms with Gasteiger partial charge in [-0.15, -0.1) is 0 Å². The summed E-state index contributed by atoms with van der Waals surface area (Å²) in [6.07, 6.45) is 4.40. The normalized spacial score (nSPS) is 17.4. The Bertz CT molecular complexity index is 442. The van der Waals surface area contributed by atoms with Crippen molar-refractivity contribution >= 4 is 5.91 Å². The Morgan fingerprint density at radius 2 is 2.11 bits per heavy atom. The molecule has 0 bridgehead atoms. The highest BCUT2D eigenvalue weighted by Gasteiger charge is 2.38. The number of carbonyl (C=O) groups is 1. The van der Waals surface area contributed by atoms with E-state index in [0.29, 0.717) is 19.4 Å². The van der Waals surface area contributed by atoms with E-state index < -0.39 is 5.60 Å². The van der Waals surface area contributed by atoms with Crippen LogP contribution in [0.25, 0.3) is 0 Å². The average molecular weight is 265 g/mol. The molecule has 0 atom stereocenters. The Balaban J connectivity index is 1.71. The second-order valence-electron chi connectivity index (χ2n) is 5.23. The van der Waals surface area contributed by atoms with Crippen molar-refractivity contribution < 1.29 is 14.3 Å². The van der Waals surface area contributed by atoms with Crippen LogP contribution in [0.4, 0.5) is 4.39 Å². The monoisotopic (exact) mass is 265 g/mol. The van der Waals surface area contributed by atoms with E-state index in [-0.39, 0.29) is 11.7 Å². The van der Waals surface area contributed by atoms with E-state index in [0.717, 1.165) is 31.2 Å². The van der Waals surface area contributed by atoms with Gasteiger partial charge < -0.3 is 10.4 Å².